The number of aliphatic hydroxyl groups is 1. The summed E-state index contributed by atoms with van der Waals surface area (Å²) in [5.74, 6) is -1.29. The van der Waals surface area contributed by atoms with Crippen molar-refractivity contribution in [1.82, 2.24) is 4.98 Å². The van der Waals surface area contributed by atoms with Crippen molar-refractivity contribution in [3.05, 3.63) is 52.0 Å². The lowest BCUT2D eigenvalue weighted by atomic mass is 10.1. The summed E-state index contributed by atoms with van der Waals surface area (Å²) in [6.07, 6.45) is -1.08. The highest BCUT2D eigenvalue weighted by Gasteiger charge is 2.16. The van der Waals surface area contributed by atoms with Crippen LogP contribution >= 0.6 is 11.3 Å². The van der Waals surface area contributed by atoms with Crippen LogP contribution in [0.1, 0.15) is 17.4 Å². The molecule has 16 heavy (non-hydrogen) atoms. The third-order valence-corrected chi connectivity index (χ3v) is 2.86. The fourth-order valence-electron chi connectivity index (χ4n) is 1.41. The molecule has 1 aromatic heterocycles. The Hall–Kier alpha value is -1.33. The number of aliphatic hydroxyl groups excluding tert-OH is 1. The molecule has 0 fully saturated rings. The fraction of sp³-hybridized carbons (Fsp3) is 0.182. The summed E-state index contributed by atoms with van der Waals surface area (Å²) in [5.41, 5.74) is 1.90. The Balaban J connectivity index is 2.21. The quantitative estimate of drug-likeness (QED) is 0.896. The first-order valence-corrected chi connectivity index (χ1v) is 5.62. The molecular weight excluding hydrogens is 232 g/mol. The van der Waals surface area contributed by atoms with Gasteiger partial charge < -0.3 is 5.11 Å². The van der Waals surface area contributed by atoms with Crippen molar-refractivity contribution in [3.63, 3.8) is 0 Å². The maximum Gasteiger partial charge on any atom is 0.129 e. The van der Waals surface area contributed by atoms with Crippen molar-refractivity contribution in [3.8, 4) is 0 Å². The van der Waals surface area contributed by atoms with Crippen LogP contribution in [0.15, 0.2) is 29.1 Å². The molecule has 0 spiro atoms. The molecule has 0 bridgehead atoms. The average Bonchev–Trinajstić information content (AvgIpc) is 2.76. The summed E-state index contributed by atoms with van der Waals surface area (Å²) in [7, 11) is 0. The molecule has 0 saturated heterocycles. The highest BCUT2D eigenvalue weighted by atomic mass is 32.1. The zero-order valence-electron chi connectivity index (χ0n) is 8.23. The van der Waals surface area contributed by atoms with E-state index in [1.807, 2.05) is 0 Å². The van der Waals surface area contributed by atoms with Gasteiger partial charge in [-0.05, 0) is 12.1 Å². The van der Waals surface area contributed by atoms with Gasteiger partial charge in [0.05, 0.1) is 11.2 Å². The van der Waals surface area contributed by atoms with Gasteiger partial charge in [-0.2, -0.15) is 0 Å². The first-order chi connectivity index (χ1) is 7.68. The van der Waals surface area contributed by atoms with Crippen LogP contribution < -0.4 is 0 Å². The summed E-state index contributed by atoms with van der Waals surface area (Å²) < 4.78 is 26.6. The monoisotopic (exact) mass is 241 g/mol. The maximum atomic E-state index is 13.3. The Kier molecular flexibility index (Phi) is 3.26. The number of aromatic nitrogens is 1. The molecule has 0 amide bonds. The lowest BCUT2D eigenvalue weighted by molar-refractivity contribution is 0.171. The van der Waals surface area contributed by atoms with E-state index in [9.17, 15) is 13.9 Å². The molecule has 0 aliphatic heterocycles. The lowest BCUT2D eigenvalue weighted by Crippen LogP contribution is -2.05. The minimum atomic E-state index is -0.974. The smallest absolute Gasteiger partial charge is 0.129 e. The summed E-state index contributed by atoms with van der Waals surface area (Å²) in [4.78, 5) is 3.90. The van der Waals surface area contributed by atoms with Crippen LogP contribution in [0.3, 0.4) is 0 Å². The molecule has 1 atom stereocenters. The van der Waals surface area contributed by atoms with Gasteiger partial charge in [0, 0.05) is 17.4 Å². The van der Waals surface area contributed by atoms with Crippen LogP contribution in [-0.4, -0.2) is 10.1 Å². The predicted molar refractivity (Wildman–Crippen MR) is 57.1 cm³/mol. The summed E-state index contributed by atoms with van der Waals surface area (Å²) in [5, 5.41) is 11.4. The number of halogens is 2. The Morgan fingerprint density at radius 2 is 2.00 bits per heavy atom. The predicted octanol–water partition coefficient (Wildman–Crippen LogP) is 2.70. The average molecular weight is 241 g/mol. The third-order valence-electron chi connectivity index (χ3n) is 2.25. The van der Waals surface area contributed by atoms with E-state index in [1.54, 1.807) is 10.9 Å². The zero-order valence-corrected chi connectivity index (χ0v) is 9.05. The van der Waals surface area contributed by atoms with Gasteiger partial charge in [0.1, 0.15) is 17.7 Å². The standard InChI is InChI=1S/C11H9F2NOS/c12-8-2-1-3-9(13)7(8)4-11(15)10-5-16-6-14-10/h1-3,5-6,11,15H,4H2. The minimum Gasteiger partial charge on any atom is -0.386 e. The van der Waals surface area contributed by atoms with Gasteiger partial charge in [-0.25, -0.2) is 13.8 Å². The van der Waals surface area contributed by atoms with Crippen LogP contribution in [0, 0.1) is 11.6 Å². The van der Waals surface area contributed by atoms with E-state index in [0.29, 0.717) is 5.69 Å². The Bertz CT molecular complexity index is 453. The summed E-state index contributed by atoms with van der Waals surface area (Å²) >= 11 is 1.33. The number of nitrogens with zero attached hydrogens (tertiary/aromatic N) is 1. The molecule has 1 aromatic carbocycles. The number of hydrogen-bond acceptors (Lipinski definition) is 3. The molecular formula is C11H9F2NOS. The molecule has 2 nitrogen and oxygen atoms in total. The largest absolute Gasteiger partial charge is 0.386 e. The Labute approximate surface area is 95.2 Å². The second kappa shape index (κ2) is 4.67. The minimum absolute atomic E-state index is 0.108. The van der Waals surface area contributed by atoms with E-state index >= 15 is 0 Å². The number of thiazole rings is 1. The highest BCUT2D eigenvalue weighted by molar-refractivity contribution is 7.07. The van der Waals surface area contributed by atoms with E-state index < -0.39 is 17.7 Å². The molecule has 0 radical (unpaired) electrons. The second-order valence-corrected chi connectivity index (χ2v) is 4.05. The number of rotatable bonds is 3. The molecule has 84 valence electrons. The third kappa shape index (κ3) is 2.25. The van der Waals surface area contributed by atoms with Crippen molar-refractivity contribution < 1.29 is 13.9 Å². The molecule has 0 aliphatic rings. The van der Waals surface area contributed by atoms with Gasteiger partial charge >= 0.3 is 0 Å². The van der Waals surface area contributed by atoms with Gasteiger partial charge in [0.2, 0.25) is 0 Å². The fourth-order valence-corrected chi connectivity index (χ4v) is 2.01. The highest BCUT2D eigenvalue weighted by Crippen LogP contribution is 2.21. The van der Waals surface area contributed by atoms with Crippen LogP contribution in [0.5, 0.6) is 0 Å². The van der Waals surface area contributed by atoms with Gasteiger partial charge in [-0.3, -0.25) is 0 Å². The van der Waals surface area contributed by atoms with Crippen LogP contribution in [0.25, 0.3) is 0 Å². The van der Waals surface area contributed by atoms with Crippen molar-refractivity contribution >= 4 is 11.3 Å². The SMILES string of the molecule is OC(Cc1c(F)cccc1F)c1cscn1. The topological polar surface area (TPSA) is 33.1 Å². The van der Waals surface area contributed by atoms with E-state index in [4.69, 9.17) is 0 Å². The first-order valence-electron chi connectivity index (χ1n) is 4.67. The molecule has 2 rings (SSSR count). The zero-order chi connectivity index (χ0) is 11.5. The Morgan fingerprint density at radius 3 is 2.56 bits per heavy atom. The van der Waals surface area contributed by atoms with E-state index in [1.165, 1.54) is 29.5 Å². The van der Waals surface area contributed by atoms with Crippen LogP contribution in [-0.2, 0) is 6.42 Å². The normalized spacial score (nSPS) is 12.7. The first kappa shape index (κ1) is 11.2. The molecule has 1 heterocycles. The van der Waals surface area contributed by atoms with Crippen molar-refractivity contribution in [2.24, 2.45) is 0 Å². The second-order valence-electron chi connectivity index (χ2n) is 3.33. The number of benzene rings is 1. The molecule has 1 N–H and O–H groups in total. The van der Waals surface area contributed by atoms with E-state index in [2.05, 4.69) is 4.98 Å². The lowest BCUT2D eigenvalue weighted by Gasteiger charge is -2.09. The molecule has 5 heteroatoms. The van der Waals surface area contributed by atoms with Crippen molar-refractivity contribution in [2.45, 2.75) is 12.5 Å². The van der Waals surface area contributed by atoms with Crippen molar-refractivity contribution in [1.29, 1.82) is 0 Å². The molecule has 2 aromatic rings. The van der Waals surface area contributed by atoms with Gasteiger partial charge in [-0.15, -0.1) is 11.3 Å². The maximum absolute atomic E-state index is 13.3. The molecule has 1 unspecified atom stereocenters. The Morgan fingerprint density at radius 1 is 1.31 bits per heavy atom. The van der Waals surface area contributed by atoms with E-state index in [0.717, 1.165) is 0 Å². The summed E-state index contributed by atoms with van der Waals surface area (Å²) in [6, 6.07) is 3.64. The van der Waals surface area contributed by atoms with Crippen LogP contribution in [0.4, 0.5) is 8.78 Å². The summed E-state index contributed by atoms with van der Waals surface area (Å²) in [6.45, 7) is 0. The molecule has 0 aliphatic carbocycles. The van der Waals surface area contributed by atoms with Gasteiger partial charge in [0.25, 0.3) is 0 Å². The van der Waals surface area contributed by atoms with Gasteiger partial charge in [-0.1, -0.05) is 6.07 Å². The van der Waals surface area contributed by atoms with Gasteiger partial charge in [0.15, 0.2) is 0 Å². The van der Waals surface area contributed by atoms with E-state index in [-0.39, 0.29) is 12.0 Å². The van der Waals surface area contributed by atoms with Crippen LogP contribution in [0.2, 0.25) is 0 Å². The number of hydrogen-bond donors (Lipinski definition) is 1. The van der Waals surface area contributed by atoms with Crippen molar-refractivity contribution in [2.75, 3.05) is 0 Å². The molecule has 0 saturated carbocycles.